The first-order chi connectivity index (χ1) is 12.3. The van der Waals surface area contributed by atoms with Gasteiger partial charge in [-0.3, -0.25) is 14.5 Å². The van der Waals surface area contributed by atoms with Crippen LogP contribution >= 0.6 is 0 Å². The van der Waals surface area contributed by atoms with Crippen LogP contribution in [0.25, 0.3) is 5.65 Å². The number of carbonyl (C=O) groups excluding carboxylic acids is 2. The van der Waals surface area contributed by atoms with Crippen molar-refractivity contribution < 1.29 is 9.59 Å². The minimum absolute atomic E-state index is 0.0185. The van der Waals surface area contributed by atoms with Crippen LogP contribution in [0, 0.1) is 5.41 Å². The number of fused-ring (bicyclic) bond motifs is 1. The average molecular weight is 357 g/mol. The second kappa shape index (κ2) is 7.45. The Kier molecular flexibility index (Phi) is 5.27. The van der Waals surface area contributed by atoms with E-state index >= 15 is 0 Å². The fourth-order valence-electron chi connectivity index (χ4n) is 2.98. The van der Waals surface area contributed by atoms with Gasteiger partial charge in [0.25, 0.3) is 0 Å². The highest BCUT2D eigenvalue weighted by Gasteiger charge is 2.25. The smallest absolute Gasteiger partial charge is 0.242 e. The highest BCUT2D eigenvalue weighted by atomic mass is 16.2. The van der Waals surface area contributed by atoms with Gasteiger partial charge in [-0.1, -0.05) is 26.8 Å². The molecule has 3 rings (SSSR count). The zero-order valence-corrected chi connectivity index (χ0v) is 15.7. The van der Waals surface area contributed by atoms with Crippen molar-refractivity contribution >= 4 is 17.5 Å². The molecule has 1 aliphatic rings. The molecule has 0 radical (unpaired) electrons. The fourth-order valence-corrected chi connectivity index (χ4v) is 2.98. The maximum atomic E-state index is 12.3. The standard InChI is InChI=1S/C19H27N5O2/c1-19(2,3)18(26)20-12-17(25)23-10-8-22(9-11-23)13-15-14-24-7-5-4-6-16(24)21-15/h4-7,14H,8-13H2,1-3H3,(H,20,26). The van der Waals surface area contributed by atoms with Crippen LogP contribution in [0.4, 0.5) is 0 Å². The lowest BCUT2D eigenvalue weighted by atomic mass is 9.96. The topological polar surface area (TPSA) is 70.0 Å². The van der Waals surface area contributed by atoms with E-state index in [-0.39, 0.29) is 18.4 Å². The number of imidazole rings is 1. The van der Waals surface area contributed by atoms with E-state index in [4.69, 9.17) is 0 Å². The summed E-state index contributed by atoms with van der Waals surface area (Å²) in [6.45, 7) is 9.35. The summed E-state index contributed by atoms with van der Waals surface area (Å²) >= 11 is 0. The van der Waals surface area contributed by atoms with Gasteiger partial charge in [0.1, 0.15) is 5.65 Å². The van der Waals surface area contributed by atoms with Crippen LogP contribution in [0.3, 0.4) is 0 Å². The summed E-state index contributed by atoms with van der Waals surface area (Å²) < 4.78 is 2.02. The minimum Gasteiger partial charge on any atom is -0.347 e. The Bertz CT molecular complexity index is 752. The molecule has 26 heavy (non-hydrogen) atoms. The Labute approximate surface area is 154 Å². The Morgan fingerprint density at radius 3 is 2.54 bits per heavy atom. The lowest BCUT2D eigenvalue weighted by Gasteiger charge is -2.34. The lowest BCUT2D eigenvalue weighted by Crippen LogP contribution is -2.51. The quantitative estimate of drug-likeness (QED) is 0.891. The number of rotatable bonds is 4. The molecule has 1 N–H and O–H groups in total. The van der Waals surface area contributed by atoms with Crippen molar-refractivity contribution in [3.8, 4) is 0 Å². The van der Waals surface area contributed by atoms with Crippen LogP contribution in [-0.4, -0.2) is 63.7 Å². The van der Waals surface area contributed by atoms with Crippen molar-refractivity contribution in [2.75, 3.05) is 32.7 Å². The molecule has 0 aliphatic carbocycles. The molecule has 7 heteroatoms. The first kappa shape index (κ1) is 18.4. The molecule has 0 bridgehead atoms. The number of amides is 2. The van der Waals surface area contributed by atoms with Gasteiger partial charge in [0.15, 0.2) is 0 Å². The summed E-state index contributed by atoms with van der Waals surface area (Å²) in [5.74, 6) is -0.119. The van der Waals surface area contributed by atoms with E-state index in [1.54, 1.807) is 0 Å². The number of hydrogen-bond acceptors (Lipinski definition) is 4. The predicted octanol–water partition coefficient (Wildman–Crippen LogP) is 1.14. The SMILES string of the molecule is CC(C)(C)C(=O)NCC(=O)N1CCN(Cc2cn3ccccc3n2)CC1. The van der Waals surface area contributed by atoms with Crippen molar-refractivity contribution in [2.24, 2.45) is 5.41 Å². The molecule has 3 heterocycles. The third kappa shape index (κ3) is 4.40. The maximum absolute atomic E-state index is 12.3. The van der Waals surface area contributed by atoms with Crippen molar-refractivity contribution in [2.45, 2.75) is 27.3 Å². The van der Waals surface area contributed by atoms with Gasteiger partial charge in [-0.05, 0) is 12.1 Å². The van der Waals surface area contributed by atoms with Crippen LogP contribution in [0.1, 0.15) is 26.5 Å². The number of carbonyl (C=O) groups is 2. The van der Waals surface area contributed by atoms with Crippen LogP contribution in [-0.2, 0) is 16.1 Å². The van der Waals surface area contributed by atoms with Crippen molar-refractivity contribution in [1.82, 2.24) is 24.5 Å². The third-order valence-corrected chi connectivity index (χ3v) is 4.61. The molecule has 2 aromatic rings. The molecule has 2 aromatic heterocycles. The highest BCUT2D eigenvalue weighted by molar-refractivity contribution is 5.87. The van der Waals surface area contributed by atoms with Crippen molar-refractivity contribution in [1.29, 1.82) is 0 Å². The summed E-state index contributed by atoms with van der Waals surface area (Å²) in [4.78, 5) is 32.9. The number of pyridine rings is 1. The number of piperazine rings is 1. The van der Waals surface area contributed by atoms with Gasteiger partial charge in [-0.25, -0.2) is 4.98 Å². The molecule has 0 atom stereocenters. The molecule has 140 valence electrons. The van der Waals surface area contributed by atoms with E-state index in [2.05, 4.69) is 21.4 Å². The third-order valence-electron chi connectivity index (χ3n) is 4.61. The van der Waals surface area contributed by atoms with E-state index < -0.39 is 5.41 Å². The fraction of sp³-hybridized carbons (Fsp3) is 0.526. The Hall–Kier alpha value is -2.41. The predicted molar refractivity (Wildman–Crippen MR) is 99.5 cm³/mol. The molecule has 0 aromatic carbocycles. The highest BCUT2D eigenvalue weighted by Crippen LogP contribution is 2.13. The summed E-state index contributed by atoms with van der Waals surface area (Å²) in [5, 5.41) is 2.73. The maximum Gasteiger partial charge on any atom is 0.242 e. The molecule has 1 fully saturated rings. The van der Waals surface area contributed by atoms with Gasteiger partial charge < -0.3 is 14.6 Å². The van der Waals surface area contributed by atoms with Gasteiger partial charge in [0.05, 0.1) is 12.2 Å². The molecule has 1 aliphatic heterocycles. The summed E-state index contributed by atoms with van der Waals surface area (Å²) in [6, 6.07) is 5.96. The monoisotopic (exact) mass is 357 g/mol. The number of aromatic nitrogens is 2. The normalized spacial score (nSPS) is 16.0. The first-order valence-corrected chi connectivity index (χ1v) is 9.04. The molecular weight excluding hydrogens is 330 g/mol. The molecule has 0 spiro atoms. The second-order valence-electron chi connectivity index (χ2n) is 7.79. The van der Waals surface area contributed by atoms with Gasteiger partial charge in [0, 0.05) is 50.5 Å². The van der Waals surface area contributed by atoms with Crippen molar-refractivity contribution in [3.05, 3.63) is 36.3 Å². The average Bonchev–Trinajstić information content (AvgIpc) is 3.01. The number of nitrogens with zero attached hydrogens (tertiary/aromatic N) is 4. The second-order valence-corrected chi connectivity index (χ2v) is 7.79. The van der Waals surface area contributed by atoms with Gasteiger partial charge >= 0.3 is 0 Å². The number of hydrogen-bond donors (Lipinski definition) is 1. The molecule has 2 amide bonds. The van der Waals surface area contributed by atoms with Crippen LogP contribution in [0.5, 0.6) is 0 Å². The zero-order valence-electron chi connectivity index (χ0n) is 15.7. The van der Waals surface area contributed by atoms with Gasteiger partial charge in [-0.15, -0.1) is 0 Å². The van der Waals surface area contributed by atoms with E-state index in [0.717, 1.165) is 31.0 Å². The summed E-state index contributed by atoms with van der Waals surface area (Å²) in [5.41, 5.74) is 1.51. The van der Waals surface area contributed by atoms with E-state index in [1.807, 2.05) is 54.5 Å². The molecule has 1 saturated heterocycles. The Morgan fingerprint density at radius 2 is 1.88 bits per heavy atom. The number of nitrogens with one attached hydrogen (secondary N) is 1. The van der Waals surface area contributed by atoms with Gasteiger partial charge in [0.2, 0.25) is 11.8 Å². The zero-order chi connectivity index (χ0) is 18.7. The van der Waals surface area contributed by atoms with E-state index in [9.17, 15) is 9.59 Å². The van der Waals surface area contributed by atoms with E-state index in [0.29, 0.717) is 13.1 Å². The minimum atomic E-state index is -0.479. The van der Waals surface area contributed by atoms with E-state index in [1.165, 1.54) is 0 Å². The Balaban J connectivity index is 1.46. The van der Waals surface area contributed by atoms with Gasteiger partial charge in [-0.2, -0.15) is 0 Å². The summed E-state index contributed by atoms with van der Waals surface area (Å²) in [6.07, 6.45) is 4.04. The summed E-state index contributed by atoms with van der Waals surface area (Å²) in [7, 11) is 0. The Morgan fingerprint density at radius 1 is 1.15 bits per heavy atom. The lowest BCUT2D eigenvalue weighted by molar-refractivity contribution is -0.136. The van der Waals surface area contributed by atoms with Crippen LogP contribution < -0.4 is 5.32 Å². The van der Waals surface area contributed by atoms with Crippen LogP contribution in [0.2, 0.25) is 0 Å². The molecule has 0 saturated carbocycles. The molecular formula is C19H27N5O2. The molecule has 7 nitrogen and oxygen atoms in total. The van der Waals surface area contributed by atoms with Crippen molar-refractivity contribution in [3.63, 3.8) is 0 Å². The van der Waals surface area contributed by atoms with Crippen LogP contribution in [0.15, 0.2) is 30.6 Å². The largest absolute Gasteiger partial charge is 0.347 e. The molecule has 0 unspecified atom stereocenters. The first-order valence-electron chi connectivity index (χ1n) is 9.04.